The van der Waals surface area contributed by atoms with Crippen LogP contribution in [0.2, 0.25) is 0 Å². The molecule has 1 aliphatic rings. The van der Waals surface area contributed by atoms with Crippen molar-refractivity contribution in [1.82, 2.24) is 29.6 Å². The van der Waals surface area contributed by atoms with Crippen molar-refractivity contribution in [3.63, 3.8) is 0 Å². The highest BCUT2D eigenvalue weighted by Crippen LogP contribution is 2.24. The highest BCUT2D eigenvalue weighted by molar-refractivity contribution is 5.95. The van der Waals surface area contributed by atoms with Crippen molar-refractivity contribution in [1.29, 1.82) is 0 Å². The first-order valence-corrected chi connectivity index (χ1v) is 7.93. The van der Waals surface area contributed by atoms with E-state index in [0.717, 1.165) is 23.0 Å². The Morgan fingerprint density at radius 1 is 1.33 bits per heavy atom. The molecule has 0 saturated carbocycles. The van der Waals surface area contributed by atoms with Crippen LogP contribution in [0, 0.1) is 6.92 Å². The van der Waals surface area contributed by atoms with Gasteiger partial charge in [-0.2, -0.15) is 0 Å². The van der Waals surface area contributed by atoms with E-state index in [1.165, 1.54) is 0 Å². The number of carbonyl (C=O) groups excluding carboxylic acids is 1. The molecule has 1 atom stereocenters. The molecular weight excluding hydrogens is 304 g/mol. The van der Waals surface area contributed by atoms with Crippen LogP contribution in [0.4, 0.5) is 0 Å². The number of fused-ring (bicyclic) bond motifs is 1. The van der Waals surface area contributed by atoms with Crippen molar-refractivity contribution in [2.24, 2.45) is 0 Å². The van der Waals surface area contributed by atoms with Crippen LogP contribution < -0.4 is 0 Å². The molecule has 3 aromatic rings. The molecule has 24 heavy (non-hydrogen) atoms. The number of aromatic amines is 1. The lowest BCUT2D eigenvalue weighted by atomic mass is 10.1. The SMILES string of the molecule is Cc1nnc2n1[C@@H](C)CN(C(=O)c1cccc(-c3ncc[nH]3)c1)C2. The summed E-state index contributed by atoms with van der Waals surface area (Å²) in [6.07, 6.45) is 3.47. The minimum Gasteiger partial charge on any atom is -0.345 e. The molecule has 0 radical (unpaired) electrons. The van der Waals surface area contributed by atoms with Crippen LogP contribution in [0.25, 0.3) is 11.4 Å². The third-order valence-electron chi connectivity index (χ3n) is 4.36. The van der Waals surface area contributed by atoms with E-state index in [4.69, 9.17) is 0 Å². The van der Waals surface area contributed by atoms with E-state index in [2.05, 4.69) is 31.7 Å². The van der Waals surface area contributed by atoms with Gasteiger partial charge in [-0.25, -0.2) is 4.98 Å². The number of hydrogen-bond acceptors (Lipinski definition) is 4. The predicted octanol–water partition coefficient (Wildman–Crippen LogP) is 2.19. The van der Waals surface area contributed by atoms with E-state index < -0.39 is 0 Å². The van der Waals surface area contributed by atoms with E-state index in [9.17, 15) is 4.79 Å². The zero-order valence-corrected chi connectivity index (χ0v) is 13.6. The number of carbonyl (C=O) groups is 1. The first-order chi connectivity index (χ1) is 11.6. The maximum atomic E-state index is 12.9. The van der Waals surface area contributed by atoms with Gasteiger partial charge in [0.1, 0.15) is 11.6 Å². The first kappa shape index (κ1) is 14.6. The van der Waals surface area contributed by atoms with Gasteiger partial charge in [-0.15, -0.1) is 10.2 Å². The van der Waals surface area contributed by atoms with Crippen molar-refractivity contribution in [3.05, 3.63) is 53.9 Å². The Bertz CT molecular complexity index is 882. The lowest BCUT2D eigenvalue weighted by molar-refractivity contribution is 0.0680. The molecule has 0 spiro atoms. The minimum atomic E-state index is 0.00200. The summed E-state index contributed by atoms with van der Waals surface area (Å²) >= 11 is 0. The van der Waals surface area contributed by atoms with E-state index in [0.29, 0.717) is 18.7 Å². The normalized spacial score (nSPS) is 16.9. The Morgan fingerprint density at radius 2 is 2.21 bits per heavy atom. The zero-order valence-electron chi connectivity index (χ0n) is 13.6. The molecule has 0 bridgehead atoms. The predicted molar refractivity (Wildman–Crippen MR) is 88.2 cm³/mol. The summed E-state index contributed by atoms with van der Waals surface area (Å²) in [6.45, 7) is 5.15. The van der Waals surface area contributed by atoms with Gasteiger partial charge in [0, 0.05) is 30.1 Å². The van der Waals surface area contributed by atoms with Crippen molar-refractivity contribution in [2.75, 3.05) is 6.54 Å². The molecule has 0 aliphatic carbocycles. The van der Waals surface area contributed by atoms with Crippen molar-refractivity contribution < 1.29 is 4.79 Å². The maximum absolute atomic E-state index is 12.9. The van der Waals surface area contributed by atoms with Gasteiger partial charge in [0.25, 0.3) is 5.91 Å². The fourth-order valence-electron chi connectivity index (χ4n) is 3.29. The summed E-state index contributed by atoms with van der Waals surface area (Å²) in [6, 6.07) is 7.70. The average molecular weight is 322 g/mol. The third-order valence-corrected chi connectivity index (χ3v) is 4.36. The minimum absolute atomic E-state index is 0.00200. The molecule has 2 aromatic heterocycles. The van der Waals surface area contributed by atoms with Crippen LogP contribution >= 0.6 is 0 Å². The molecule has 0 saturated heterocycles. The van der Waals surface area contributed by atoms with Gasteiger partial charge in [-0.1, -0.05) is 12.1 Å². The van der Waals surface area contributed by atoms with Crippen molar-refractivity contribution in [3.8, 4) is 11.4 Å². The standard InChI is InChI=1S/C17H18N6O/c1-11-9-22(10-15-21-20-12(2)23(11)15)17(24)14-5-3-4-13(8-14)16-18-6-7-19-16/h3-8,11H,9-10H2,1-2H3,(H,18,19)/t11-/m0/s1. The number of aryl methyl sites for hydroxylation is 1. The smallest absolute Gasteiger partial charge is 0.254 e. The van der Waals surface area contributed by atoms with E-state index in [1.54, 1.807) is 12.4 Å². The number of imidazole rings is 1. The highest BCUT2D eigenvalue weighted by atomic mass is 16.2. The number of nitrogens with one attached hydrogen (secondary N) is 1. The number of amides is 1. The molecule has 7 heteroatoms. The summed E-state index contributed by atoms with van der Waals surface area (Å²) in [4.78, 5) is 22.1. The van der Waals surface area contributed by atoms with Crippen molar-refractivity contribution in [2.45, 2.75) is 26.4 Å². The van der Waals surface area contributed by atoms with Crippen LogP contribution in [0.15, 0.2) is 36.7 Å². The fourth-order valence-corrected chi connectivity index (χ4v) is 3.29. The second-order valence-electron chi connectivity index (χ2n) is 6.09. The summed E-state index contributed by atoms with van der Waals surface area (Å²) < 4.78 is 2.10. The molecule has 7 nitrogen and oxygen atoms in total. The lowest BCUT2D eigenvalue weighted by Gasteiger charge is -2.32. The molecule has 1 aliphatic heterocycles. The van der Waals surface area contributed by atoms with Crippen LogP contribution in [-0.4, -0.2) is 42.1 Å². The van der Waals surface area contributed by atoms with E-state index in [-0.39, 0.29) is 11.9 Å². The molecular formula is C17H18N6O. The Hall–Kier alpha value is -2.96. The van der Waals surface area contributed by atoms with Gasteiger partial charge < -0.3 is 14.5 Å². The van der Waals surface area contributed by atoms with Crippen LogP contribution in [0.1, 0.15) is 35.0 Å². The second kappa shape index (κ2) is 5.59. The topological polar surface area (TPSA) is 79.7 Å². The third kappa shape index (κ3) is 2.38. The second-order valence-corrected chi connectivity index (χ2v) is 6.09. The van der Waals surface area contributed by atoms with Gasteiger partial charge in [0.15, 0.2) is 5.82 Å². The Morgan fingerprint density at radius 3 is 3.00 bits per heavy atom. The van der Waals surface area contributed by atoms with Crippen LogP contribution in [0.3, 0.4) is 0 Å². The largest absolute Gasteiger partial charge is 0.345 e. The Kier molecular flexibility index (Phi) is 3.41. The molecule has 1 N–H and O–H groups in total. The molecule has 0 unspecified atom stereocenters. The Balaban J connectivity index is 1.62. The fraction of sp³-hybridized carbons (Fsp3) is 0.294. The van der Waals surface area contributed by atoms with Gasteiger partial charge in [0.05, 0.1) is 12.6 Å². The summed E-state index contributed by atoms with van der Waals surface area (Å²) in [7, 11) is 0. The van der Waals surface area contributed by atoms with E-state index >= 15 is 0 Å². The van der Waals surface area contributed by atoms with Gasteiger partial charge in [-0.3, -0.25) is 4.79 Å². The number of aromatic nitrogens is 5. The molecule has 1 amide bonds. The molecule has 4 rings (SSSR count). The number of hydrogen-bond donors (Lipinski definition) is 1. The van der Waals surface area contributed by atoms with Gasteiger partial charge >= 0.3 is 0 Å². The van der Waals surface area contributed by atoms with Gasteiger partial charge in [-0.05, 0) is 26.0 Å². The number of benzene rings is 1. The number of nitrogens with zero attached hydrogens (tertiary/aromatic N) is 5. The quantitative estimate of drug-likeness (QED) is 0.784. The monoisotopic (exact) mass is 322 g/mol. The first-order valence-electron chi connectivity index (χ1n) is 7.93. The van der Waals surface area contributed by atoms with Crippen LogP contribution in [-0.2, 0) is 6.54 Å². The maximum Gasteiger partial charge on any atom is 0.254 e. The lowest BCUT2D eigenvalue weighted by Crippen LogP contribution is -2.40. The number of rotatable bonds is 2. The number of H-pyrrole nitrogens is 1. The highest BCUT2D eigenvalue weighted by Gasteiger charge is 2.28. The molecule has 3 heterocycles. The summed E-state index contributed by atoms with van der Waals surface area (Å²) in [5, 5.41) is 8.32. The van der Waals surface area contributed by atoms with E-state index in [1.807, 2.05) is 36.1 Å². The molecule has 0 fully saturated rings. The molecule has 122 valence electrons. The molecule has 1 aromatic carbocycles. The van der Waals surface area contributed by atoms with Crippen LogP contribution in [0.5, 0.6) is 0 Å². The average Bonchev–Trinajstić information content (AvgIpc) is 3.24. The zero-order chi connectivity index (χ0) is 16.7. The Labute approximate surface area is 139 Å². The van der Waals surface area contributed by atoms with Gasteiger partial charge in [0.2, 0.25) is 0 Å². The van der Waals surface area contributed by atoms with Crippen molar-refractivity contribution >= 4 is 5.91 Å². The summed E-state index contributed by atoms with van der Waals surface area (Å²) in [5.41, 5.74) is 1.55. The summed E-state index contributed by atoms with van der Waals surface area (Å²) in [5.74, 6) is 2.49.